The minimum absolute atomic E-state index is 0.171. The van der Waals surface area contributed by atoms with Gasteiger partial charge in [-0.25, -0.2) is 0 Å². The Morgan fingerprint density at radius 1 is 1.41 bits per heavy atom. The van der Waals surface area contributed by atoms with Crippen LogP contribution in [0.25, 0.3) is 11.3 Å². The minimum Gasteiger partial charge on any atom is -0.396 e. The summed E-state index contributed by atoms with van der Waals surface area (Å²) in [5.41, 5.74) is 2.99. The van der Waals surface area contributed by atoms with Gasteiger partial charge in [0.05, 0.1) is 6.20 Å². The topological polar surface area (TPSA) is 46.3 Å². The molecule has 0 aliphatic carbocycles. The quantitative estimate of drug-likeness (QED) is 0.908. The molecule has 0 spiro atoms. The first-order chi connectivity index (χ1) is 8.22. The van der Waals surface area contributed by atoms with Crippen molar-refractivity contribution in [3.05, 3.63) is 40.5 Å². The Morgan fingerprint density at radius 3 is 2.94 bits per heavy atom. The van der Waals surface area contributed by atoms with Gasteiger partial charge in [-0.15, -0.1) is 0 Å². The van der Waals surface area contributed by atoms with E-state index in [9.17, 15) is 0 Å². The summed E-state index contributed by atoms with van der Waals surface area (Å²) < 4.78 is 5.27. The molecule has 2 rings (SSSR count). The number of rotatable bonds is 4. The summed E-state index contributed by atoms with van der Waals surface area (Å²) in [6, 6.07) is 5.74. The fraction of sp³-hybridized carbons (Fsp3) is 0.308. The van der Waals surface area contributed by atoms with Crippen molar-refractivity contribution in [1.82, 2.24) is 5.16 Å². The molecular weight excluding hydrogens is 238 g/mol. The lowest BCUT2D eigenvalue weighted by molar-refractivity contribution is 0.288. The van der Waals surface area contributed by atoms with Crippen molar-refractivity contribution >= 4 is 11.6 Å². The average molecular weight is 252 g/mol. The molecule has 0 saturated carbocycles. The van der Waals surface area contributed by atoms with Gasteiger partial charge >= 0.3 is 0 Å². The van der Waals surface area contributed by atoms with Gasteiger partial charge in [-0.3, -0.25) is 0 Å². The van der Waals surface area contributed by atoms with Crippen LogP contribution in [0.1, 0.15) is 17.5 Å². The standard InChI is InChI=1S/C13H14ClNO2/c1-9-7-10(4-5-12(9)14)13-11(3-2-6-16)8-15-17-13/h4-5,7-8,16H,2-3,6H2,1H3. The van der Waals surface area contributed by atoms with E-state index in [2.05, 4.69) is 5.16 Å². The van der Waals surface area contributed by atoms with E-state index in [1.54, 1.807) is 6.20 Å². The van der Waals surface area contributed by atoms with E-state index in [1.807, 2.05) is 25.1 Å². The lowest BCUT2D eigenvalue weighted by atomic mass is 10.0. The van der Waals surface area contributed by atoms with Crippen LogP contribution in [-0.2, 0) is 6.42 Å². The highest BCUT2D eigenvalue weighted by Crippen LogP contribution is 2.27. The molecule has 0 fully saturated rings. The van der Waals surface area contributed by atoms with Gasteiger partial charge in [0.15, 0.2) is 5.76 Å². The molecule has 90 valence electrons. The second-order valence-electron chi connectivity index (χ2n) is 3.97. The molecule has 0 aliphatic heterocycles. The zero-order valence-electron chi connectivity index (χ0n) is 9.61. The summed E-state index contributed by atoms with van der Waals surface area (Å²) in [5, 5.41) is 13.4. The van der Waals surface area contributed by atoms with Crippen LogP contribution in [0, 0.1) is 6.92 Å². The van der Waals surface area contributed by atoms with E-state index in [4.69, 9.17) is 21.2 Å². The predicted molar refractivity (Wildman–Crippen MR) is 67.1 cm³/mol. The lowest BCUT2D eigenvalue weighted by Gasteiger charge is -2.03. The molecule has 0 atom stereocenters. The van der Waals surface area contributed by atoms with Crippen LogP contribution in [0.3, 0.4) is 0 Å². The summed E-state index contributed by atoms with van der Waals surface area (Å²) in [4.78, 5) is 0. The smallest absolute Gasteiger partial charge is 0.170 e. The molecule has 1 aromatic heterocycles. The van der Waals surface area contributed by atoms with Crippen molar-refractivity contribution in [2.75, 3.05) is 6.61 Å². The first-order valence-electron chi connectivity index (χ1n) is 5.53. The number of nitrogens with zero attached hydrogens (tertiary/aromatic N) is 1. The third kappa shape index (κ3) is 2.68. The zero-order valence-corrected chi connectivity index (χ0v) is 10.4. The largest absolute Gasteiger partial charge is 0.396 e. The second kappa shape index (κ2) is 5.34. The number of aliphatic hydroxyl groups is 1. The normalized spacial score (nSPS) is 10.8. The van der Waals surface area contributed by atoms with Crippen LogP contribution in [0.5, 0.6) is 0 Å². The van der Waals surface area contributed by atoms with Crippen LogP contribution in [0.15, 0.2) is 28.9 Å². The highest BCUT2D eigenvalue weighted by atomic mass is 35.5. The summed E-state index contributed by atoms with van der Waals surface area (Å²) in [5.74, 6) is 0.762. The minimum atomic E-state index is 0.171. The molecule has 2 aromatic rings. The SMILES string of the molecule is Cc1cc(-c2oncc2CCCO)ccc1Cl. The van der Waals surface area contributed by atoms with E-state index in [0.717, 1.165) is 33.9 Å². The Bertz CT molecular complexity index is 508. The van der Waals surface area contributed by atoms with Gasteiger partial charge in [0, 0.05) is 22.8 Å². The summed E-state index contributed by atoms with van der Waals surface area (Å²) >= 11 is 5.99. The predicted octanol–water partition coefficient (Wildman–Crippen LogP) is 3.23. The van der Waals surface area contributed by atoms with Crippen molar-refractivity contribution in [2.24, 2.45) is 0 Å². The molecule has 1 N–H and O–H groups in total. The molecule has 17 heavy (non-hydrogen) atoms. The molecule has 0 saturated heterocycles. The molecule has 0 unspecified atom stereocenters. The first-order valence-corrected chi connectivity index (χ1v) is 5.91. The van der Waals surface area contributed by atoms with E-state index in [1.165, 1.54) is 0 Å². The third-order valence-corrected chi connectivity index (χ3v) is 3.09. The highest BCUT2D eigenvalue weighted by molar-refractivity contribution is 6.31. The fourth-order valence-corrected chi connectivity index (χ4v) is 1.85. The number of benzene rings is 1. The number of halogens is 1. The molecule has 0 amide bonds. The Morgan fingerprint density at radius 2 is 2.24 bits per heavy atom. The fourth-order valence-electron chi connectivity index (χ4n) is 1.73. The Kier molecular flexibility index (Phi) is 3.82. The van der Waals surface area contributed by atoms with Gasteiger partial charge in [0.2, 0.25) is 0 Å². The van der Waals surface area contributed by atoms with Crippen molar-refractivity contribution in [1.29, 1.82) is 0 Å². The molecule has 1 aromatic carbocycles. The first kappa shape index (κ1) is 12.1. The Labute approximate surface area is 105 Å². The maximum Gasteiger partial charge on any atom is 0.170 e. The van der Waals surface area contributed by atoms with Crippen molar-refractivity contribution in [2.45, 2.75) is 19.8 Å². The van der Waals surface area contributed by atoms with Crippen LogP contribution in [0.4, 0.5) is 0 Å². The molecule has 3 nitrogen and oxygen atoms in total. The van der Waals surface area contributed by atoms with Crippen molar-refractivity contribution in [3.63, 3.8) is 0 Å². The Balaban J connectivity index is 2.32. The van der Waals surface area contributed by atoms with Crippen LogP contribution >= 0.6 is 11.6 Å². The number of hydrogen-bond acceptors (Lipinski definition) is 3. The Hall–Kier alpha value is -1.32. The highest BCUT2D eigenvalue weighted by Gasteiger charge is 2.11. The van der Waals surface area contributed by atoms with Crippen LogP contribution in [0.2, 0.25) is 5.02 Å². The summed E-state index contributed by atoms with van der Waals surface area (Å²) in [6.45, 7) is 2.12. The van der Waals surface area contributed by atoms with Crippen molar-refractivity contribution < 1.29 is 9.63 Å². The van der Waals surface area contributed by atoms with E-state index < -0.39 is 0 Å². The molecule has 0 radical (unpaired) electrons. The van der Waals surface area contributed by atoms with Crippen LogP contribution < -0.4 is 0 Å². The number of aromatic nitrogens is 1. The van der Waals surface area contributed by atoms with E-state index in [-0.39, 0.29) is 6.61 Å². The summed E-state index contributed by atoms with van der Waals surface area (Å²) in [7, 11) is 0. The molecular formula is C13H14ClNO2. The molecule has 0 bridgehead atoms. The van der Waals surface area contributed by atoms with Gasteiger partial charge in [0.1, 0.15) is 0 Å². The van der Waals surface area contributed by atoms with Crippen molar-refractivity contribution in [3.8, 4) is 11.3 Å². The number of aryl methyl sites for hydroxylation is 2. The second-order valence-corrected chi connectivity index (χ2v) is 4.38. The van der Waals surface area contributed by atoms with Gasteiger partial charge in [0.25, 0.3) is 0 Å². The molecule has 1 heterocycles. The maximum absolute atomic E-state index is 8.84. The molecule has 0 aliphatic rings. The summed E-state index contributed by atoms with van der Waals surface area (Å²) in [6.07, 6.45) is 3.17. The van der Waals surface area contributed by atoms with E-state index in [0.29, 0.717) is 6.42 Å². The zero-order chi connectivity index (χ0) is 12.3. The number of hydrogen-bond donors (Lipinski definition) is 1. The third-order valence-electron chi connectivity index (χ3n) is 2.67. The monoisotopic (exact) mass is 251 g/mol. The van der Waals surface area contributed by atoms with Gasteiger partial charge in [-0.2, -0.15) is 0 Å². The van der Waals surface area contributed by atoms with E-state index >= 15 is 0 Å². The lowest BCUT2D eigenvalue weighted by Crippen LogP contribution is -1.90. The number of aliphatic hydroxyl groups excluding tert-OH is 1. The van der Waals surface area contributed by atoms with Gasteiger partial charge in [-0.05, 0) is 43.5 Å². The van der Waals surface area contributed by atoms with Gasteiger partial charge < -0.3 is 9.63 Å². The molecule has 4 heteroatoms. The van der Waals surface area contributed by atoms with Gasteiger partial charge in [-0.1, -0.05) is 16.8 Å². The average Bonchev–Trinajstić information content (AvgIpc) is 2.78. The van der Waals surface area contributed by atoms with Crippen LogP contribution in [-0.4, -0.2) is 16.9 Å². The maximum atomic E-state index is 8.84.